The van der Waals surface area contributed by atoms with Gasteiger partial charge in [-0.3, -0.25) is 9.59 Å². The molecule has 0 bridgehead atoms. The van der Waals surface area contributed by atoms with Crippen molar-refractivity contribution in [1.29, 1.82) is 0 Å². The van der Waals surface area contributed by atoms with Crippen molar-refractivity contribution in [2.45, 2.75) is 25.7 Å². The van der Waals surface area contributed by atoms with Gasteiger partial charge in [-0.15, -0.1) is 0 Å². The standard InChI is InChI=1S/C12H13ClO4/c13-8-5-6-9(11(15)7-8)10(14)3-1-2-4-12(16)17/h5-7,15H,1-4H2,(H,16,17). The molecule has 92 valence electrons. The normalized spacial score (nSPS) is 10.2. The average molecular weight is 257 g/mol. The largest absolute Gasteiger partial charge is 0.507 e. The molecule has 17 heavy (non-hydrogen) atoms. The van der Waals surface area contributed by atoms with Gasteiger partial charge in [0.15, 0.2) is 5.78 Å². The first-order valence-corrected chi connectivity index (χ1v) is 5.62. The third-order valence-corrected chi connectivity index (χ3v) is 2.54. The molecule has 0 heterocycles. The lowest BCUT2D eigenvalue weighted by Gasteiger charge is -2.03. The summed E-state index contributed by atoms with van der Waals surface area (Å²) >= 11 is 5.65. The Morgan fingerprint density at radius 3 is 2.41 bits per heavy atom. The molecule has 4 nitrogen and oxygen atoms in total. The number of carboxylic acid groups (broad SMARTS) is 1. The van der Waals surface area contributed by atoms with E-state index in [-0.39, 0.29) is 29.9 Å². The maximum atomic E-state index is 11.7. The molecular formula is C12H13ClO4. The number of carbonyl (C=O) groups excluding carboxylic acids is 1. The molecule has 0 radical (unpaired) electrons. The van der Waals surface area contributed by atoms with E-state index in [1.807, 2.05) is 0 Å². The maximum Gasteiger partial charge on any atom is 0.303 e. The van der Waals surface area contributed by atoms with Crippen LogP contribution < -0.4 is 0 Å². The highest BCUT2D eigenvalue weighted by molar-refractivity contribution is 6.30. The lowest BCUT2D eigenvalue weighted by Crippen LogP contribution is -2.00. The quantitative estimate of drug-likeness (QED) is 0.606. The Morgan fingerprint density at radius 1 is 1.18 bits per heavy atom. The second-order valence-corrected chi connectivity index (χ2v) is 4.12. The maximum absolute atomic E-state index is 11.7. The van der Waals surface area contributed by atoms with Crippen LogP contribution in [0, 0.1) is 0 Å². The summed E-state index contributed by atoms with van der Waals surface area (Å²) in [6.45, 7) is 0. The van der Waals surface area contributed by atoms with Crippen molar-refractivity contribution >= 4 is 23.4 Å². The van der Waals surface area contributed by atoms with E-state index < -0.39 is 5.97 Å². The molecule has 0 spiro atoms. The van der Waals surface area contributed by atoms with Crippen LogP contribution in [0.3, 0.4) is 0 Å². The molecule has 1 aromatic rings. The third kappa shape index (κ3) is 4.44. The molecular weight excluding hydrogens is 244 g/mol. The van der Waals surface area contributed by atoms with E-state index in [1.54, 1.807) is 0 Å². The van der Waals surface area contributed by atoms with Crippen molar-refractivity contribution in [3.05, 3.63) is 28.8 Å². The van der Waals surface area contributed by atoms with Crippen LogP contribution in [0.25, 0.3) is 0 Å². The van der Waals surface area contributed by atoms with E-state index in [4.69, 9.17) is 16.7 Å². The van der Waals surface area contributed by atoms with Crippen molar-refractivity contribution < 1.29 is 19.8 Å². The monoisotopic (exact) mass is 256 g/mol. The van der Waals surface area contributed by atoms with Gasteiger partial charge < -0.3 is 10.2 Å². The molecule has 0 aromatic heterocycles. The first-order valence-electron chi connectivity index (χ1n) is 5.24. The molecule has 0 aliphatic heterocycles. The molecule has 1 aromatic carbocycles. The molecule has 0 aliphatic rings. The molecule has 1 rings (SSSR count). The number of halogens is 1. The van der Waals surface area contributed by atoms with Gasteiger partial charge in [-0.2, -0.15) is 0 Å². The Morgan fingerprint density at radius 2 is 1.82 bits per heavy atom. The van der Waals surface area contributed by atoms with Gasteiger partial charge in [0.05, 0.1) is 5.56 Å². The zero-order chi connectivity index (χ0) is 12.8. The Balaban J connectivity index is 2.50. The summed E-state index contributed by atoms with van der Waals surface area (Å²) in [5.74, 6) is -1.21. The van der Waals surface area contributed by atoms with Crippen LogP contribution >= 0.6 is 11.6 Å². The van der Waals surface area contributed by atoms with E-state index in [9.17, 15) is 14.7 Å². The fourth-order valence-corrected chi connectivity index (χ4v) is 1.60. The van der Waals surface area contributed by atoms with Crippen LogP contribution in [0.4, 0.5) is 0 Å². The van der Waals surface area contributed by atoms with Gasteiger partial charge in [0, 0.05) is 17.9 Å². The number of phenols is 1. The fraction of sp³-hybridized carbons (Fsp3) is 0.333. The summed E-state index contributed by atoms with van der Waals surface area (Å²) in [5.41, 5.74) is 0.227. The first-order chi connectivity index (χ1) is 8.00. The van der Waals surface area contributed by atoms with Gasteiger partial charge in [-0.1, -0.05) is 11.6 Å². The number of aliphatic carboxylic acids is 1. The summed E-state index contributed by atoms with van der Waals surface area (Å²) in [7, 11) is 0. The Bertz CT molecular complexity index is 429. The van der Waals surface area contributed by atoms with Crippen LogP contribution in [-0.2, 0) is 4.79 Å². The molecule has 0 amide bonds. The minimum Gasteiger partial charge on any atom is -0.507 e. The van der Waals surface area contributed by atoms with E-state index in [0.29, 0.717) is 17.9 Å². The molecule has 0 fully saturated rings. The average Bonchev–Trinajstić information content (AvgIpc) is 2.23. The highest BCUT2D eigenvalue weighted by Gasteiger charge is 2.11. The van der Waals surface area contributed by atoms with Crippen LogP contribution in [0.1, 0.15) is 36.0 Å². The third-order valence-electron chi connectivity index (χ3n) is 2.30. The summed E-state index contributed by atoms with van der Waals surface area (Å²) in [4.78, 5) is 21.9. The van der Waals surface area contributed by atoms with E-state index >= 15 is 0 Å². The van der Waals surface area contributed by atoms with Gasteiger partial charge in [-0.05, 0) is 31.0 Å². The minimum absolute atomic E-state index is 0.0554. The first kappa shape index (κ1) is 13.5. The van der Waals surface area contributed by atoms with Crippen molar-refractivity contribution in [2.24, 2.45) is 0 Å². The molecule has 0 saturated heterocycles. The topological polar surface area (TPSA) is 74.6 Å². The smallest absolute Gasteiger partial charge is 0.303 e. The number of rotatable bonds is 6. The summed E-state index contributed by atoms with van der Waals surface area (Å²) < 4.78 is 0. The highest BCUT2D eigenvalue weighted by atomic mass is 35.5. The Hall–Kier alpha value is -1.55. The second-order valence-electron chi connectivity index (χ2n) is 3.69. The number of hydrogen-bond acceptors (Lipinski definition) is 3. The molecule has 0 saturated carbocycles. The lowest BCUT2D eigenvalue weighted by atomic mass is 10.0. The second kappa shape index (κ2) is 6.25. The zero-order valence-corrected chi connectivity index (χ0v) is 9.91. The van der Waals surface area contributed by atoms with Gasteiger partial charge in [-0.25, -0.2) is 0 Å². The lowest BCUT2D eigenvalue weighted by molar-refractivity contribution is -0.137. The van der Waals surface area contributed by atoms with Crippen LogP contribution in [0.15, 0.2) is 18.2 Å². The fourth-order valence-electron chi connectivity index (χ4n) is 1.44. The number of ketones is 1. The van der Waals surface area contributed by atoms with Gasteiger partial charge >= 0.3 is 5.97 Å². The van der Waals surface area contributed by atoms with Crippen LogP contribution in [-0.4, -0.2) is 22.0 Å². The number of phenolic OH excluding ortho intramolecular Hbond substituents is 1. The predicted octanol–water partition coefficient (Wildman–Crippen LogP) is 2.87. The van der Waals surface area contributed by atoms with Crippen molar-refractivity contribution in [2.75, 3.05) is 0 Å². The van der Waals surface area contributed by atoms with E-state index in [0.717, 1.165) is 0 Å². The van der Waals surface area contributed by atoms with E-state index in [1.165, 1.54) is 18.2 Å². The Labute approximate surface area is 104 Å². The van der Waals surface area contributed by atoms with Crippen molar-refractivity contribution in [3.8, 4) is 5.75 Å². The molecule has 2 N–H and O–H groups in total. The molecule has 0 atom stereocenters. The van der Waals surface area contributed by atoms with E-state index in [2.05, 4.69) is 0 Å². The summed E-state index contributed by atoms with van der Waals surface area (Å²) in [6, 6.07) is 4.31. The predicted molar refractivity (Wildman–Crippen MR) is 63.6 cm³/mol. The van der Waals surface area contributed by atoms with Gasteiger partial charge in [0.25, 0.3) is 0 Å². The molecule has 0 unspecified atom stereocenters. The molecule has 5 heteroatoms. The number of benzene rings is 1. The van der Waals surface area contributed by atoms with Gasteiger partial charge in [0.1, 0.15) is 5.75 Å². The summed E-state index contributed by atoms with van der Waals surface area (Å²) in [6.07, 6.45) is 1.23. The highest BCUT2D eigenvalue weighted by Crippen LogP contribution is 2.23. The summed E-state index contributed by atoms with van der Waals surface area (Å²) in [5, 5.41) is 18.3. The number of unbranched alkanes of at least 4 members (excludes halogenated alkanes) is 1. The minimum atomic E-state index is -0.869. The van der Waals surface area contributed by atoms with Crippen molar-refractivity contribution in [3.63, 3.8) is 0 Å². The van der Waals surface area contributed by atoms with Gasteiger partial charge in [0.2, 0.25) is 0 Å². The number of Topliss-reactive ketones (excluding diaryl/α,β-unsaturated/α-hetero) is 1. The number of hydrogen-bond donors (Lipinski definition) is 2. The van der Waals surface area contributed by atoms with Crippen LogP contribution in [0.2, 0.25) is 5.02 Å². The molecule has 0 aliphatic carbocycles. The number of carbonyl (C=O) groups is 2. The SMILES string of the molecule is O=C(O)CCCCC(=O)c1ccc(Cl)cc1O. The number of aromatic hydroxyl groups is 1. The van der Waals surface area contributed by atoms with Crippen LogP contribution in [0.5, 0.6) is 5.75 Å². The number of carboxylic acids is 1. The Kier molecular flexibility index (Phi) is 4.97. The zero-order valence-electron chi connectivity index (χ0n) is 9.15. The van der Waals surface area contributed by atoms with Crippen molar-refractivity contribution in [1.82, 2.24) is 0 Å².